The summed E-state index contributed by atoms with van der Waals surface area (Å²) in [5.41, 5.74) is 3.58. The number of hydrogen-bond acceptors (Lipinski definition) is 1. The summed E-state index contributed by atoms with van der Waals surface area (Å²) in [5, 5.41) is 3.92. The van der Waals surface area contributed by atoms with Gasteiger partial charge in [-0.1, -0.05) is 24.0 Å². The summed E-state index contributed by atoms with van der Waals surface area (Å²) in [7, 11) is 0. The number of benzene rings is 2. The van der Waals surface area contributed by atoms with Crippen LogP contribution in [0.5, 0.6) is 0 Å². The van der Waals surface area contributed by atoms with Crippen LogP contribution in [0.2, 0.25) is 0 Å². The molecule has 1 aromatic heterocycles. The van der Waals surface area contributed by atoms with Gasteiger partial charge in [0.2, 0.25) is 5.91 Å². The number of amides is 1. The molecule has 0 unspecified atom stereocenters. The molecule has 2 N–H and O–H groups in total. The Kier molecular flexibility index (Phi) is 3.44. The van der Waals surface area contributed by atoms with Gasteiger partial charge in [0.1, 0.15) is 0 Å². The maximum Gasteiger partial charge on any atom is 0.221 e. The number of anilines is 1. The first kappa shape index (κ1) is 13.0. The SMILES string of the molecule is CC(=O)Nc1ccccc1C#Cc1ccc2[nH]ccc2c1. The third kappa shape index (κ3) is 2.96. The minimum atomic E-state index is -0.0991. The van der Waals surface area contributed by atoms with Crippen LogP contribution >= 0.6 is 0 Å². The molecule has 2 aromatic carbocycles. The van der Waals surface area contributed by atoms with Gasteiger partial charge in [-0.25, -0.2) is 0 Å². The Balaban J connectivity index is 1.95. The minimum absolute atomic E-state index is 0.0991. The van der Waals surface area contributed by atoms with Crippen molar-refractivity contribution >= 4 is 22.5 Å². The van der Waals surface area contributed by atoms with E-state index in [0.717, 1.165) is 27.7 Å². The van der Waals surface area contributed by atoms with E-state index in [4.69, 9.17) is 0 Å². The predicted molar refractivity (Wildman–Crippen MR) is 85.0 cm³/mol. The van der Waals surface area contributed by atoms with Gasteiger partial charge < -0.3 is 10.3 Å². The number of fused-ring (bicyclic) bond motifs is 1. The van der Waals surface area contributed by atoms with Crippen molar-refractivity contribution in [1.82, 2.24) is 4.98 Å². The van der Waals surface area contributed by atoms with Gasteiger partial charge in [0.25, 0.3) is 0 Å². The van der Waals surface area contributed by atoms with Crippen LogP contribution in [0.3, 0.4) is 0 Å². The topological polar surface area (TPSA) is 44.9 Å². The zero-order valence-electron chi connectivity index (χ0n) is 11.6. The van der Waals surface area contributed by atoms with Crippen LogP contribution in [0, 0.1) is 11.8 Å². The Morgan fingerprint density at radius 3 is 2.81 bits per heavy atom. The zero-order valence-corrected chi connectivity index (χ0v) is 11.6. The van der Waals surface area contributed by atoms with Gasteiger partial charge in [0.15, 0.2) is 0 Å². The van der Waals surface area contributed by atoms with E-state index >= 15 is 0 Å². The van der Waals surface area contributed by atoms with E-state index in [2.05, 4.69) is 22.1 Å². The molecule has 1 heterocycles. The molecule has 0 saturated heterocycles. The van der Waals surface area contributed by atoms with Gasteiger partial charge in [-0.2, -0.15) is 0 Å². The largest absolute Gasteiger partial charge is 0.361 e. The van der Waals surface area contributed by atoms with Crippen LogP contribution < -0.4 is 5.32 Å². The Morgan fingerprint density at radius 2 is 1.95 bits per heavy atom. The van der Waals surface area contributed by atoms with E-state index in [1.54, 1.807) is 0 Å². The standard InChI is InChI=1S/C18H14N2O/c1-13(21)20-18-5-3-2-4-15(18)8-6-14-7-9-17-16(12-14)10-11-19-17/h2-5,7,9-12,19H,1H3,(H,20,21). The first-order chi connectivity index (χ1) is 10.2. The molecule has 21 heavy (non-hydrogen) atoms. The molecule has 0 aliphatic heterocycles. The van der Waals surface area contributed by atoms with Gasteiger partial charge in [0, 0.05) is 35.2 Å². The highest BCUT2D eigenvalue weighted by atomic mass is 16.1. The summed E-state index contributed by atoms with van der Waals surface area (Å²) >= 11 is 0. The van der Waals surface area contributed by atoms with Crippen molar-refractivity contribution in [3.8, 4) is 11.8 Å². The average molecular weight is 274 g/mol. The van der Waals surface area contributed by atoms with Gasteiger partial charge in [-0.3, -0.25) is 4.79 Å². The maximum atomic E-state index is 11.2. The zero-order chi connectivity index (χ0) is 14.7. The van der Waals surface area contributed by atoms with Gasteiger partial charge in [0.05, 0.1) is 5.69 Å². The van der Waals surface area contributed by atoms with Crippen LogP contribution in [0.25, 0.3) is 10.9 Å². The average Bonchev–Trinajstić information content (AvgIpc) is 2.93. The van der Waals surface area contributed by atoms with Crippen molar-refractivity contribution in [2.45, 2.75) is 6.92 Å². The highest BCUT2D eigenvalue weighted by Crippen LogP contribution is 2.15. The number of nitrogens with one attached hydrogen (secondary N) is 2. The third-order valence-corrected chi connectivity index (χ3v) is 3.13. The van der Waals surface area contributed by atoms with Crippen molar-refractivity contribution in [2.24, 2.45) is 0 Å². The van der Waals surface area contributed by atoms with Crippen LogP contribution in [-0.4, -0.2) is 10.9 Å². The summed E-state index contributed by atoms with van der Waals surface area (Å²) in [6, 6.07) is 15.6. The molecule has 102 valence electrons. The molecule has 0 fully saturated rings. The molecule has 0 radical (unpaired) electrons. The smallest absolute Gasteiger partial charge is 0.221 e. The molecule has 0 bridgehead atoms. The second kappa shape index (κ2) is 5.56. The molecule has 0 saturated carbocycles. The van der Waals surface area contributed by atoms with Crippen molar-refractivity contribution in [1.29, 1.82) is 0 Å². The fourth-order valence-corrected chi connectivity index (χ4v) is 2.16. The molecule has 0 atom stereocenters. The summed E-state index contributed by atoms with van der Waals surface area (Å²) < 4.78 is 0. The lowest BCUT2D eigenvalue weighted by Crippen LogP contribution is -2.06. The Morgan fingerprint density at radius 1 is 1.10 bits per heavy atom. The highest BCUT2D eigenvalue weighted by Gasteiger charge is 2.00. The lowest BCUT2D eigenvalue weighted by Gasteiger charge is -2.03. The normalized spacial score (nSPS) is 9.95. The number of carbonyl (C=O) groups excluding carboxylic acids is 1. The molecular weight excluding hydrogens is 260 g/mol. The van der Waals surface area contributed by atoms with Crippen molar-refractivity contribution in [2.75, 3.05) is 5.32 Å². The Bertz CT molecular complexity index is 865. The fraction of sp³-hybridized carbons (Fsp3) is 0.0556. The summed E-state index contributed by atoms with van der Waals surface area (Å²) in [6.07, 6.45) is 1.91. The van der Waals surface area contributed by atoms with Crippen LogP contribution in [0.1, 0.15) is 18.1 Å². The molecule has 3 heteroatoms. The van der Waals surface area contributed by atoms with Crippen molar-refractivity contribution < 1.29 is 4.79 Å². The fourth-order valence-electron chi connectivity index (χ4n) is 2.16. The van der Waals surface area contributed by atoms with Crippen LogP contribution in [0.15, 0.2) is 54.7 Å². The molecule has 0 aliphatic carbocycles. The first-order valence-electron chi connectivity index (χ1n) is 6.68. The van der Waals surface area contributed by atoms with Crippen molar-refractivity contribution in [3.05, 3.63) is 65.9 Å². The molecule has 0 spiro atoms. The Labute approximate surface area is 123 Å². The molecule has 3 nitrogen and oxygen atoms in total. The molecular formula is C18H14N2O. The highest BCUT2D eigenvalue weighted by molar-refractivity contribution is 5.90. The summed E-state index contributed by atoms with van der Waals surface area (Å²) in [6.45, 7) is 1.49. The molecule has 1 amide bonds. The van der Waals surface area contributed by atoms with Crippen LogP contribution in [-0.2, 0) is 4.79 Å². The Hall–Kier alpha value is -2.99. The maximum absolute atomic E-state index is 11.2. The molecule has 0 aliphatic rings. The van der Waals surface area contributed by atoms with E-state index in [1.807, 2.05) is 54.7 Å². The molecule has 3 rings (SSSR count). The first-order valence-corrected chi connectivity index (χ1v) is 6.68. The van der Waals surface area contributed by atoms with E-state index in [1.165, 1.54) is 6.92 Å². The van der Waals surface area contributed by atoms with Gasteiger partial charge >= 0.3 is 0 Å². The lowest BCUT2D eigenvalue weighted by atomic mass is 10.1. The number of carbonyl (C=O) groups is 1. The quantitative estimate of drug-likeness (QED) is 0.655. The van der Waals surface area contributed by atoms with Crippen molar-refractivity contribution in [3.63, 3.8) is 0 Å². The van der Waals surface area contributed by atoms with Gasteiger partial charge in [-0.05, 0) is 36.4 Å². The van der Waals surface area contributed by atoms with E-state index in [-0.39, 0.29) is 5.91 Å². The number of hydrogen-bond donors (Lipinski definition) is 2. The minimum Gasteiger partial charge on any atom is -0.361 e. The summed E-state index contributed by atoms with van der Waals surface area (Å²) in [4.78, 5) is 14.3. The summed E-state index contributed by atoms with van der Waals surface area (Å²) in [5.74, 6) is 6.16. The number of para-hydroxylation sites is 1. The van der Waals surface area contributed by atoms with E-state index in [0.29, 0.717) is 0 Å². The molecule has 3 aromatic rings. The monoisotopic (exact) mass is 274 g/mol. The van der Waals surface area contributed by atoms with E-state index < -0.39 is 0 Å². The van der Waals surface area contributed by atoms with E-state index in [9.17, 15) is 4.79 Å². The third-order valence-electron chi connectivity index (χ3n) is 3.13. The predicted octanol–water partition coefficient (Wildman–Crippen LogP) is 3.53. The second-order valence-corrected chi connectivity index (χ2v) is 4.76. The number of rotatable bonds is 1. The lowest BCUT2D eigenvalue weighted by molar-refractivity contribution is -0.114. The second-order valence-electron chi connectivity index (χ2n) is 4.76. The number of H-pyrrole nitrogens is 1. The number of aromatic nitrogens is 1. The van der Waals surface area contributed by atoms with Crippen LogP contribution in [0.4, 0.5) is 5.69 Å². The number of aromatic amines is 1. The van der Waals surface area contributed by atoms with Gasteiger partial charge in [-0.15, -0.1) is 0 Å².